The van der Waals surface area contributed by atoms with Crippen molar-refractivity contribution in [3.8, 4) is 6.07 Å². The van der Waals surface area contributed by atoms with Crippen LogP contribution in [0.15, 0.2) is 0 Å². The number of rotatable bonds is 5. The van der Waals surface area contributed by atoms with Crippen LogP contribution in [0.4, 0.5) is 0 Å². The van der Waals surface area contributed by atoms with Crippen LogP contribution in [0, 0.1) is 23.2 Å². The summed E-state index contributed by atoms with van der Waals surface area (Å²) in [5.41, 5.74) is 5.27. The summed E-state index contributed by atoms with van der Waals surface area (Å²) in [5, 5.41) is 12.2. The maximum atomic E-state index is 12.2. The second-order valence-corrected chi connectivity index (χ2v) is 6.63. The summed E-state index contributed by atoms with van der Waals surface area (Å²) >= 11 is 0. The average Bonchev–Trinajstić information content (AvgIpc) is 3.23. The molecule has 20 heavy (non-hydrogen) atoms. The zero-order chi connectivity index (χ0) is 14.8. The quantitative estimate of drug-likeness (QED) is 0.781. The van der Waals surface area contributed by atoms with Gasteiger partial charge < -0.3 is 11.1 Å². The van der Waals surface area contributed by atoms with Gasteiger partial charge in [0.05, 0.1) is 12.6 Å². The van der Waals surface area contributed by atoms with Gasteiger partial charge in [-0.05, 0) is 57.9 Å². The van der Waals surface area contributed by atoms with E-state index in [2.05, 4.69) is 16.3 Å². The van der Waals surface area contributed by atoms with Crippen molar-refractivity contribution in [2.24, 2.45) is 17.6 Å². The summed E-state index contributed by atoms with van der Waals surface area (Å²) in [6, 6.07) is 2.44. The number of carbonyl (C=O) groups is 1. The van der Waals surface area contributed by atoms with Gasteiger partial charge in [0, 0.05) is 12.6 Å². The van der Waals surface area contributed by atoms with Gasteiger partial charge in [-0.15, -0.1) is 0 Å². The maximum Gasteiger partial charge on any atom is 0.235 e. The molecular formula is C15H26N4O. The molecule has 5 heteroatoms. The Labute approximate surface area is 121 Å². The fourth-order valence-electron chi connectivity index (χ4n) is 3.08. The van der Waals surface area contributed by atoms with Gasteiger partial charge in [-0.25, -0.2) is 0 Å². The van der Waals surface area contributed by atoms with Crippen LogP contribution in [0.25, 0.3) is 0 Å². The Morgan fingerprint density at radius 3 is 2.80 bits per heavy atom. The molecule has 1 heterocycles. The number of nitriles is 1. The molecule has 0 bridgehead atoms. The number of amides is 1. The Morgan fingerprint density at radius 1 is 1.55 bits per heavy atom. The molecule has 1 amide bonds. The summed E-state index contributed by atoms with van der Waals surface area (Å²) in [7, 11) is 0. The standard InChI is InChI=1S/C15H26N4O/c1-11(17)12-4-3-7-19(8-12)9-14(20)18-15(2,10-16)13-5-6-13/h11-13H,3-9,17H2,1-2H3,(H,18,20). The van der Waals surface area contributed by atoms with Gasteiger partial charge in [0.2, 0.25) is 5.91 Å². The van der Waals surface area contributed by atoms with Gasteiger partial charge in [0.1, 0.15) is 5.54 Å². The third-order valence-electron chi connectivity index (χ3n) is 4.68. The van der Waals surface area contributed by atoms with Crippen molar-refractivity contribution in [2.45, 2.75) is 51.1 Å². The molecule has 3 atom stereocenters. The minimum Gasteiger partial charge on any atom is -0.337 e. The highest BCUT2D eigenvalue weighted by atomic mass is 16.2. The van der Waals surface area contributed by atoms with E-state index in [1.54, 1.807) is 0 Å². The maximum absolute atomic E-state index is 12.2. The molecule has 0 aromatic rings. The van der Waals surface area contributed by atoms with E-state index in [9.17, 15) is 10.1 Å². The first kappa shape index (κ1) is 15.3. The fourth-order valence-corrected chi connectivity index (χ4v) is 3.08. The Bertz CT molecular complexity index is 399. The van der Waals surface area contributed by atoms with Crippen LogP contribution in [-0.4, -0.2) is 42.0 Å². The highest BCUT2D eigenvalue weighted by molar-refractivity contribution is 5.79. The highest BCUT2D eigenvalue weighted by Gasteiger charge is 2.43. The first-order chi connectivity index (χ1) is 9.44. The topological polar surface area (TPSA) is 82.2 Å². The van der Waals surface area contributed by atoms with Gasteiger partial charge in [-0.2, -0.15) is 5.26 Å². The Balaban J connectivity index is 1.83. The van der Waals surface area contributed by atoms with Gasteiger partial charge in [0.25, 0.3) is 0 Å². The molecule has 0 radical (unpaired) electrons. The van der Waals surface area contributed by atoms with Crippen molar-refractivity contribution in [3.05, 3.63) is 0 Å². The van der Waals surface area contributed by atoms with E-state index < -0.39 is 5.54 Å². The van der Waals surface area contributed by atoms with Crippen LogP contribution >= 0.6 is 0 Å². The first-order valence-corrected chi connectivity index (χ1v) is 7.65. The van der Waals surface area contributed by atoms with Gasteiger partial charge in [-0.1, -0.05) is 0 Å². The number of carbonyl (C=O) groups excluding carboxylic acids is 1. The van der Waals surface area contributed by atoms with Crippen LogP contribution < -0.4 is 11.1 Å². The van der Waals surface area contributed by atoms with Crippen molar-refractivity contribution in [2.75, 3.05) is 19.6 Å². The lowest BCUT2D eigenvalue weighted by Gasteiger charge is -2.34. The first-order valence-electron chi connectivity index (χ1n) is 7.65. The van der Waals surface area contributed by atoms with E-state index in [-0.39, 0.29) is 11.9 Å². The lowest BCUT2D eigenvalue weighted by atomic mass is 9.92. The molecule has 3 unspecified atom stereocenters. The van der Waals surface area contributed by atoms with E-state index in [1.807, 2.05) is 13.8 Å². The lowest BCUT2D eigenvalue weighted by Crippen LogP contribution is -2.52. The molecule has 3 N–H and O–H groups in total. The lowest BCUT2D eigenvalue weighted by molar-refractivity contribution is -0.124. The molecule has 2 rings (SSSR count). The molecule has 1 saturated carbocycles. The second-order valence-electron chi connectivity index (χ2n) is 6.63. The molecule has 0 aromatic carbocycles. The molecule has 1 aliphatic heterocycles. The normalized spacial score (nSPS) is 28.2. The van der Waals surface area contributed by atoms with Gasteiger partial charge >= 0.3 is 0 Å². The van der Waals surface area contributed by atoms with Gasteiger partial charge in [0.15, 0.2) is 0 Å². The third kappa shape index (κ3) is 3.71. The smallest absolute Gasteiger partial charge is 0.235 e. The number of likely N-dealkylation sites (tertiary alicyclic amines) is 1. The molecular weight excluding hydrogens is 252 g/mol. The van der Waals surface area contributed by atoms with Crippen LogP contribution in [0.5, 0.6) is 0 Å². The number of piperidine rings is 1. The molecule has 2 fully saturated rings. The van der Waals surface area contributed by atoms with Crippen LogP contribution in [0.3, 0.4) is 0 Å². The minimum absolute atomic E-state index is 0.0359. The Hall–Kier alpha value is -1.12. The van der Waals surface area contributed by atoms with E-state index in [1.165, 1.54) is 0 Å². The largest absolute Gasteiger partial charge is 0.337 e. The number of nitrogens with zero attached hydrogens (tertiary/aromatic N) is 2. The molecule has 1 aliphatic carbocycles. The third-order valence-corrected chi connectivity index (χ3v) is 4.68. The number of nitrogens with two attached hydrogens (primary N) is 1. The zero-order valence-electron chi connectivity index (χ0n) is 12.6. The van der Waals surface area contributed by atoms with Gasteiger partial charge in [-0.3, -0.25) is 9.69 Å². The minimum atomic E-state index is -0.687. The molecule has 112 valence electrons. The molecule has 5 nitrogen and oxygen atoms in total. The molecule has 1 saturated heterocycles. The summed E-state index contributed by atoms with van der Waals surface area (Å²) in [4.78, 5) is 14.3. The zero-order valence-corrected chi connectivity index (χ0v) is 12.6. The summed E-state index contributed by atoms with van der Waals surface area (Å²) in [6.07, 6.45) is 4.33. The number of hydrogen-bond donors (Lipinski definition) is 2. The highest BCUT2D eigenvalue weighted by Crippen LogP contribution is 2.39. The van der Waals surface area contributed by atoms with Crippen molar-refractivity contribution >= 4 is 5.91 Å². The van der Waals surface area contributed by atoms with E-state index in [4.69, 9.17) is 5.73 Å². The van der Waals surface area contributed by atoms with Crippen molar-refractivity contribution < 1.29 is 4.79 Å². The predicted molar refractivity (Wildman–Crippen MR) is 77.7 cm³/mol. The van der Waals surface area contributed by atoms with E-state index in [0.29, 0.717) is 18.4 Å². The Kier molecular flexibility index (Phi) is 4.66. The summed E-state index contributed by atoms with van der Waals surface area (Å²) in [6.45, 7) is 6.09. The van der Waals surface area contributed by atoms with Crippen molar-refractivity contribution in [1.82, 2.24) is 10.2 Å². The second kappa shape index (κ2) is 6.11. The van der Waals surface area contributed by atoms with E-state index in [0.717, 1.165) is 38.8 Å². The number of nitrogens with one attached hydrogen (secondary N) is 1. The van der Waals surface area contributed by atoms with Crippen molar-refractivity contribution in [3.63, 3.8) is 0 Å². The van der Waals surface area contributed by atoms with Crippen LogP contribution in [0.1, 0.15) is 39.5 Å². The monoisotopic (exact) mass is 278 g/mol. The van der Waals surface area contributed by atoms with Crippen LogP contribution in [-0.2, 0) is 4.79 Å². The SMILES string of the molecule is CC(N)C1CCCN(CC(=O)NC(C)(C#N)C2CC2)C1. The molecule has 0 spiro atoms. The fraction of sp³-hybridized carbons (Fsp3) is 0.867. The number of hydrogen-bond acceptors (Lipinski definition) is 4. The van der Waals surface area contributed by atoms with Crippen molar-refractivity contribution in [1.29, 1.82) is 5.26 Å². The molecule has 2 aliphatic rings. The summed E-state index contributed by atoms with van der Waals surface area (Å²) < 4.78 is 0. The Morgan fingerprint density at radius 2 is 2.25 bits per heavy atom. The van der Waals surface area contributed by atoms with Crippen LogP contribution in [0.2, 0.25) is 0 Å². The predicted octanol–water partition coefficient (Wildman–Crippen LogP) is 0.854. The van der Waals surface area contributed by atoms with E-state index >= 15 is 0 Å². The summed E-state index contributed by atoms with van der Waals surface area (Å²) in [5.74, 6) is 0.767. The molecule has 0 aromatic heterocycles. The average molecular weight is 278 g/mol.